The smallest absolute Gasteiger partial charge is 0.244 e. The van der Waals surface area contributed by atoms with Gasteiger partial charge in [0.25, 0.3) is 0 Å². The summed E-state index contributed by atoms with van der Waals surface area (Å²) in [5.74, 6) is 0.358. The molecular weight excluding hydrogens is 254 g/mol. The first-order valence-corrected chi connectivity index (χ1v) is 7.35. The summed E-state index contributed by atoms with van der Waals surface area (Å²) < 4.78 is 37.5. The van der Waals surface area contributed by atoms with Crippen molar-refractivity contribution in [1.29, 1.82) is 0 Å². The molecule has 1 aromatic carbocycles. The molecule has 18 heavy (non-hydrogen) atoms. The zero-order valence-corrected chi connectivity index (χ0v) is 11.1. The van der Waals surface area contributed by atoms with E-state index in [1.807, 2.05) is 0 Å². The lowest BCUT2D eigenvalue weighted by molar-refractivity contribution is 0.0832. The molecule has 0 amide bonds. The van der Waals surface area contributed by atoms with E-state index >= 15 is 0 Å². The van der Waals surface area contributed by atoms with E-state index in [1.54, 1.807) is 24.3 Å². The molecule has 1 aromatic rings. The molecule has 6 heteroatoms. The van der Waals surface area contributed by atoms with Crippen LogP contribution in [-0.2, 0) is 14.8 Å². The highest BCUT2D eigenvalue weighted by atomic mass is 32.2. The second-order valence-electron chi connectivity index (χ2n) is 4.16. The van der Waals surface area contributed by atoms with Crippen LogP contribution in [0.1, 0.15) is 12.8 Å². The topological polar surface area (TPSA) is 64.6 Å². The first-order chi connectivity index (χ1) is 8.63. The van der Waals surface area contributed by atoms with Crippen molar-refractivity contribution >= 4 is 10.0 Å². The fraction of sp³-hybridized carbons (Fsp3) is 0.500. The third-order valence-corrected chi connectivity index (χ3v) is 4.46. The Morgan fingerprint density at radius 3 is 2.61 bits per heavy atom. The maximum atomic E-state index is 12.2. The largest absolute Gasteiger partial charge is 0.495 e. The van der Waals surface area contributed by atoms with E-state index in [-0.39, 0.29) is 10.9 Å². The fourth-order valence-electron chi connectivity index (χ4n) is 1.94. The van der Waals surface area contributed by atoms with E-state index < -0.39 is 10.0 Å². The van der Waals surface area contributed by atoms with E-state index in [4.69, 9.17) is 9.47 Å². The van der Waals surface area contributed by atoms with Gasteiger partial charge in [-0.3, -0.25) is 0 Å². The first-order valence-electron chi connectivity index (χ1n) is 5.86. The van der Waals surface area contributed by atoms with Gasteiger partial charge in [-0.25, -0.2) is 13.1 Å². The van der Waals surface area contributed by atoms with Crippen molar-refractivity contribution in [2.75, 3.05) is 20.3 Å². The van der Waals surface area contributed by atoms with Gasteiger partial charge in [-0.05, 0) is 25.0 Å². The lowest BCUT2D eigenvalue weighted by Crippen LogP contribution is -2.38. The molecule has 0 aromatic heterocycles. The molecule has 1 N–H and O–H groups in total. The highest BCUT2D eigenvalue weighted by Crippen LogP contribution is 2.23. The minimum atomic E-state index is -3.53. The number of ether oxygens (including phenoxy) is 2. The summed E-state index contributed by atoms with van der Waals surface area (Å²) in [5.41, 5.74) is 0. The quantitative estimate of drug-likeness (QED) is 0.892. The van der Waals surface area contributed by atoms with Crippen LogP contribution in [0.5, 0.6) is 5.75 Å². The molecule has 0 saturated carbocycles. The van der Waals surface area contributed by atoms with Crippen molar-refractivity contribution in [2.24, 2.45) is 0 Å². The van der Waals surface area contributed by atoms with Crippen LogP contribution in [0.15, 0.2) is 29.2 Å². The lowest BCUT2D eigenvalue weighted by atomic mass is 10.1. The summed E-state index contributed by atoms with van der Waals surface area (Å²) in [5, 5.41) is 0. The normalized spacial score (nSPS) is 17.6. The van der Waals surface area contributed by atoms with Gasteiger partial charge < -0.3 is 9.47 Å². The van der Waals surface area contributed by atoms with Crippen molar-refractivity contribution in [2.45, 2.75) is 23.8 Å². The summed E-state index contributed by atoms with van der Waals surface area (Å²) in [6.45, 7) is 1.19. The SMILES string of the molecule is COc1ccccc1S(=O)(=O)NC1CCOCC1. The predicted octanol–water partition coefficient (Wildman–Crippen LogP) is 1.15. The Morgan fingerprint density at radius 1 is 1.28 bits per heavy atom. The molecule has 0 bridgehead atoms. The Kier molecular flexibility index (Phi) is 4.21. The maximum Gasteiger partial charge on any atom is 0.244 e. The highest BCUT2D eigenvalue weighted by molar-refractivity contribution is 7.89. The molecule has 2 rings (SSSR count). The second kappa shape index (κ2) is 5.69. The molecule has 0 atom stereocenters. The van der Waals surface area contributed by atoms with Crippen molar-refractivity contribution < 1.29 is 17.9 Å². The molecule has 1 heterocycles. The van der Waals surface area contributed by atoms with Crippen molar-refractivity contribution in [3.63, 3.8) is 0 Å². The van der Waals surface area contributed by atoms with E-state index in [9.17, 15) is 8.42 Å². The van der Waals surface area contributed by atoms with E-state index in [0.717, 1.165) is 0 Å². The average molecular weight is 271 g/mol. The summed E-state index contributed by atoms with van der Waals surface area (Å²) in [6, 6.07) is 6.54. The van der Waals surface area contributed by atoms with Crippen molar-refractivity contribution in [1.82, 2.24) is 4.72 Å². The van der Waals surface area contributed by atoms with Crippen molar-refractivity contribution in [3.8, 4) is 5.75 Å². The van der Waals surface area contributed by atoms with Crippen LogP contribution in [0, 0.1) is 0 Å². The number of methoxy groups -OCH3 is 1. The monoisotopic (exact) mass is 271 g/mol. The molecule has 1 saturated heterocycles. The second-order valence-corrected chi connectivity index (χ2v) is 5.84. The summed E-state index contributed by atoms with van der Waals surface area (Å²) in [6.07, 6.45) is 1.41. The van der Waals surface area contributed by atoms with Crippen LogP contribution in [-0.4, -0.2) is 34.8 Å². The molecule has 1 aliphatic rings. The molecular formula is C12H17NO4S. The van der Waals surface area contributed by atoms with E-state index in [0.29, 0.717) is 31.8 Å². The predicted molar refractivity (Wildman–Crippen MR) is 67.2 cm³/mol. The van der Waals surface area contributed by atoms with Gasteiger partial charge in [-0.15, -0.1) is 0 Å². The molecule has 0 unspecified atom stereocenters. The van der Waals surface area contributed by atoms with Crippen LogP contribution in [0.25, 0.3) is 0 Å². The summed E-state index contributed by atoms with van der Waals surface area (Å²) in [4.78, 5) is 0.180. The zero-order valence-electron chi connectivity index (χ0n) is 10.3. The summed E-state index contributed by atoms with van der Waals surface area (Å²) in [7, 11) is -2.07. The van der Waals surface area contributed by atoms with Gasteiger partial charge in [-0.2, -0.15) is 0 Å². The first kappa shape index (κ1) is 13.3. The third-order valence-electron chi connectivity index (χ3n) is 2.90. The Labute approximate surface area is 107 Å². The van der Waals surface area contributed by atoms with Gasteiger partial charge in [0.15, 0.2) is 0 Å². The van der Waals surface area contributed by atoms with Gasteiger partial charge in [-0.1, -0.05) is 12.1 Å². The fourth-order valence-corrected chi connectivity index (χ4v) is 3.41. The Bertz CT molecular complexity index is 495. The van der Waals surface area contributed by atoms with E-state index in [1.165, 1.54) is 7.11 Å². The number of benzene rings is 1. The van der Waals surface area contributed by atoms with Crippen LogP contribution in [0.4, 0.5) is 0 Å². The highest BCUT2D eigenvalue weighted by Gasteiger charge is 2.24. The Hall–Kier alpha value is -1.11. The molecule has 0 radical (unpaired) electrons. The number of hydrogen-bond acceptors (Lipinski definition) is 4. The molecule has 100 valence electrons. The number of para-hydroxylation sites is 1. The number of rotatable bonds is 4. The van der Waals surface area contributed by atoms with Gasteiger partial charge in [0.1, 0.15) is 10.6 Å². The summed E-state index contributed by atoms with van der Waals surface area (Å²) >= 11 is 0. The van der Waals surface area contributed by atoms with Gasteiger partial charge in [0.2, 0.25) is 10.0 Å². The maximum absolute atomic E-state index is 12.2. The zero-order chi connectivity index (χ0) is 13.0. The molecule has 5 nitrogen and oxygen atoms in total. The Balaban J connectivity index is 2.19. The van der Waals surface area contributed by atoms with Crippen LogP contribution in [0.3, 0.4) is 0 Å². The standard InChI is InChI=1S/C12H17NO4S/c1-16-11-4-2-3-5-12(11)18(14,15)13-10-6-8-17-9-7-10/h2-5,10,13H,6-9H2,1H3. The van der Waals surface area contributed by atoms with Gasteiger partial charge in [0.05, 0.1) is 7.11 Å². The van der Waals surface area contributed by atoms with Crippen molar-refractivity contribution in [3.05, 3.63) is 24.3 Å². The Morgan fingerprint density at radius 2 is 1.94 bits per heavy atom. The average Bonchev–Trinajstić information content (AvgIpc) is 2.39. The molecule has 0 spiro atoms. The van der Waals surface area contributed by atoms with Gasteiger partial charge >= 0.3 is 0 Å². The molecule has 1 fully saturated rings. The lowest BCUT2D eigenvalue weighted by Gasteiger charge is -2.23. The number of hydrogen-bond donors (Lipinski definition) is 1. The molecule has 0 aliphatic carbocycles. The molecule has 1 aliphatic heterocycles. The minimum absolute atomic E-state index is 0.0614. The minimum Gasteiger partial charge on any atom is -0.495 e. The third kappa shape index (κ3) is 3.01. The van der Waals surface area contributed by atoms with Crippen LogP contribution >= 0.6 is 0 Å². The van der Waals surface area contributed by atoms with Gasteiger partial charge in [0, 0.05) is 19.3 Å². The van der Waals surface area contributed by atoms with E-state index in [2.05, 4.69) is 4.72 Å². The van der Waals surface area contributed by atoms with Crippen LogP contribution in [0.2, 0.25) is 0 Å². The van der Waals surface area contributed by atoms with Crippen LogP contribution < -0.4 is 9.46 Å². The number of sulfonamides is 1. The number of nitrogens with one attached hydrogen (secondary N) is 1.